The molecule has 5 heterocycles. The quantitative estimate of drug-likeness (QED) is 0.0840. The van der Waals surface area contributed by atoms with Gasteiger partial charge in [0.15, 0.2) is 5.67 Å². The number of rotatable bonds is 18. The predicted octanol–water partition coefficient (Wildman–Crippen LogP) is 6.55. The van der Waals surface area contributed by atoms with Crippen LogP contribution < -0.4 is 31.3 Å². The van der Waals surface area contributed by atoms with Crippen LogP contribution in [0.25, 0.3) is 10.4 Å². The zero-order valence-corrected chi connectivity index (χ0v) is 43.8. The van der Waals surface area contributed by atoms with Gasteiger partial charge in [-0.3, -0.25) is 29.0 Å². The average Bonchev–Trinajstić information content (AvgIpc) is 3.68. The molecule has 8 rings (SSSR count). The van der Waals surface area contributed by atoms with Crippen molar-refractivity contribution in [3.05, 3.63) is 70.6 Å². The highest BCUT2D eigenvalue weighted by Crippen LogP contribution is 2.41. The maximum absolute atomic E-state index is 14.7. The number of carbonyl (C=O) groups excluding carboxylic acids is 4. The van der Waals surface area contributed by atoms with E-state index < -0.39 is 29.1 Å². The van der Waals surface area contributed by atoms with Crippen LogP contribution in [0.3, 0.4) is 0 Å². The van der Waals surface area contributed by atoms with Crippen molar-refractivity contribution in [2.45, 2.75) is 107 Å². The van der Waals surface area contributed by atoms with Gasteiger partial charge in [0.05, 0.1) is 45.7 Å². The number of aryl methyl sites for hydroxylation is 1. The second kappa shape index (κ2) is 22.5. The van der Waals surface area contributed by atoms with Crippen molar-refractivity contribution in [2.24, 2.45) is 16.6 Å². The molecule has 5 N–H and O–H groups in total. The van der Waals surface area contributed by atoms with Crippen LogP contribution in [0.15, 0.2) is 64.2 Å². The van der Waals surface area contributed by atoms with E-state index in [4.69, 9.17) is 22.1 Å². The topological polar surface area (TPSA) is 191 Å². The first kappa shape index (κ1) is 52.4. The second-order valence-corrected chi connectivity index (χ2v) is 23.0. The van der Waals surface area contributed by atoms with E-state index in [1.54, 1.807) is 29.8 Å². The third kappa shape index (κ3) is 13.0. The Kier molecular flexibility index (Phi) is 16.6. The number of carbonyl (C=O) groups is 4. The molecule has 0 bridgehead atoms. The van der Waals surface area contributed by atoms with Crippen molar-refractivity contribution < 1.29 is 28.3 Å². The predicted molar refractivity (Wildman–Crippen MR) is 277 cm³/mol. The number of hydrogen-bond acceptors (Lipinski definition) is 14. The van der Waals surface area contributed by atoms with Crippen LogP contribution in [0.4, 0.5) is 15.9 Å². The number of nitrogens with one attached hydrogen (secondary N) is 3. The van der Waals surface area contributed by atoms with Gasteiger partial charge in [0, 0.05) is 69.4 Å². The van der Waals surface area contributed by atoms with Crippen molar-refractivity contribution in [2.75, 3.05) is 82.3 Å². The summed E-state index contributed by atoms with van der Waals surface area (Å²) in [6.45, 7) is 16.9. The molecule has 3 saturated heterocycles. The SMILES string of the molecule is Cc1ncsc1-c1ccc(CNC(=O)[C@@H]2CCCN2C(=O)[C@@H](NC(=O)C2(F)CC2)C(C)(C)C)c(OCCN2CCN(CC(=O)Nc3cccc(Sc4cnc(N5CCC(C)(CN)CC5)cn4)c3Cl)CC2)c1. The van der Waals surface area contributed by atoms with Gasteiger partial charge >= 0.3 is 0 Å². The Morgan fingerprint density at radius 2 is 1.73 bits per heavy atom. The average molecular weight is 1030 g/mol. The molecule has 2 aromatic carbocycles. The lowest BCUT2D eigenvalue weighted by molar-refractivity contribution is -0.144. The van der Waals surface area contributed by atoms with Crippen LogP contribution in [0, 0.1) is 17.8 Å². The van der Waals surface area contributed by atoms with E-state index in [0.717, 1.165) is 71.4 Å². The van der Waals surface area contributed by atoms with Crippen LogP contribution in [0.1, 0.15) is 77.5 Å². The first-order valence-electron chi connectivity index (χ1n) is 24.6. The maximum atomic E-state index is 14.7. The third-order valence-corrected chi connectivity index (χ3v) is 16.7. The molecule has 4 amide bonds. The second-order valence-electron chi connectivity index (χ2n) is 20.7. The van der Waals surface area contributed by atoms with Crippen LogP contribution in [-0.2, 0) is 25.7 Å². The molecule has 0 spiro atoms. The van der Waals surface area contributed by atoms with E-state index in [1.807, 2.05) is 63.5 Å². The Bertz CT molecular complexity index is 2540. The summed E-state index contributed by atoms with van der Waals surface area (Å²) in [6.07, 6.45) is 7.01. The number of nitrogens with two attached hydrogens (primary N) is 1. The maximum Gasteiger partial charge on any atom is 0.258 e. The molecule has 382 valence electrons. The van der Waals surface area contributed by atoms with Crippen molar-refractivity contribution in [3.8, 4) is 16.2 Å². The number of nitrogens with zero attached hydrogens (tertiary/aromatic N) is 7. The zero-order chi connectivity index (χ0) is 50.5. The van der Waals surface area contributed by atoms with Gasteiger partial charge in [0.25, 0.3) is 5.91 Å². The van der Waals surface area contributed by atoms with Crippen molar-refractivity contribution in [3.63, 3.8) is 0 Å². The van der Waals surface area contributed by atoms with Crippen LogP contribution in [-0.4, -0.2) is 143 Å². The number of anilines is 2. The van der Waals surface area contributed by atoms with Crippen molar-refractivity contribution >= 4 is 69.8 Å². The van der Waals surface area contributed by atoms with Gasteiger partial charge in [0.2, 0.25) is 17.7 Å². The van der Waals surface area contributed by atoms with Gasteiger partial charge < -0.3 is 36.2 Å². The minimum absolute atomic E-state index is 0.145. The fourth-order valence-electron chi connectivity index (χ4n) is 9.22. The van der Waals surface area contributed by atoms with Crippen molar-refractivity contribution in [1.82, 2.24) is 40.3 Å². The summed E-state index contributed by atoms with van der Waals surface area (Å²) < 4.78 is 21.1. The fourth-order valence-corrected chi connectivity index (χ4v) is 11.1. The summed E-state index contributed by atoms with van der Waals surface area (Å²) in [5, 5.41) is 9.90. The first-order valence-corrected chi connectivity index (χ1v) is 26.7. The number of thiazole rings is 1. The lowest BCUT2D eigenvalue weighted by Gasteiger charge is -2.39. The molecular formula is C51H67ClFN11O5S2. The molecule has 0 unspecified atom stereocenters. The lowest BCUT2D eigenvalue weighted by atomic mass is 9.80. The summed E-state index contributed by atoms with van der Waals surface area (Å²) in [5.74, 6) is -0.112. The third-order valence-electron chi connectivity index (χ3n) is 14.2. The van der Waals surface area contributed by atoms with Gasteiger partial charge in [0.1, 0.15) is 35.3 Å². The smallest absolute Gasteiger partial charge is 0.258 e. The van der Waals surface area contributed by atoms with Gasteiger partial charge in [-0.2, -0.15) is 0 Å². The van der Waals surface area contributed by atoms with Gasteiger partial charge in [-0.1, -0.05) is 69.3 Å². The van der Waals surface area contributed by atoms with Crippen LogP contribution in [0.5, 0.6) is 5.75 Å². The monoisotopic (exact) mass is 1030 g/mol. The van der Waals surface area contributed by atoms with E-state index in [1.165, 1.54) is 16.7 Å². The molecule has 4 fully saturated rings. The Hall–Kier alpha value is -4.92. The molecule has 4 aromatic rings. The molecule has 4 aliphatic rings. The van der Waals surface area contributed by atoms with Crippen LogP contribution >= 0.6 is 34.7 Å². The molecule has 1 aliphatic carbocycles. The standard InChI is InChI=1S/C51H67ClFN11O5S2/c1-33-44(70-32-58-33)34-11-12-35(27-57-46(66)37-9-7-17-64(37)47(67)45(49(2,3)4)60-48(68)51(53)13-14-51)38(26-34)69-25-24-61-20-22-62(23-21-61)30-41(65)59-36-8-6-10-39(43(36)52)71-42-29-55-40(28-56-42)63-18-15-50(5,31-54)16-19-63/h6,8,10-12,26,28-29,32,37,45H,7,9,13-25,27,30-31,54H2,1-5H3,(H,57,66)(H,59,65)(H,60,68)/t37-,45+/m0/s1. The number of benzene rings is 2. The number of halogens is 2. The number of ether oxygens (including phenoxy) is 1. The summed E-state index contributed by atoms with van der Waals surface area (Å²) in [7, 11) is 0. The van der Waals surface area contributed by atoms with E-state index in [-0.39, 0.29) is 49.1 Å². The number of hydrogen-bond donors (Lipinski definition) is 4. The zero-order valence-electron chi connectivity index (χ0n) is 41.4. The number of alkyl halides is 1. The number of piperazine rings is 1. The molecule has 71 heavy (non-hydrogen) atoms. The molecule has 3 aliphatic heterocycles. The number of aromatic nitrogens is 3. The fraction of sp³-hybridized carbons (Fsp3) is 0.549. The van der Waals surface area contributed by atoms with Gasteiger partial charge in [-0.15, -0.1) is 11.3 Å². The van der Waals surface area contributed by atoms with E-state index >= 15 is 0 Å². The summed E-state index contributed by atoms with van der Waals surface area (Å²) in [5.41, 5.74) is 8.55. The molecule has 20 heteroatoms. The number of likely N-dealkylation sites (tertiary alicyclic amines) is 1. The highest BCUT2D eigenvalue weighted by molar-refractivity contribution is 7.99. The summed E-state index contributed by atoms with van der Waals surface area (Å²) >= 11 is 9.78. The highest BCUT2D eigenvalue weighted by Gasteiger charge is 2.53. The molecule has 2 atom stereocenters. The number of amides is 4. The minimum Gasteiger partial charge on any atom is -0.492 e. The van der Waals surface area contributed by atoms with Crippen molar-refractivity contribution in [1.29, 1.82) is 0 Å². The lowest BCUT2D eigenvalue weighted by Crippen LogP contribution is -2.58. The Balaban J connectivity index is 0.811. The minimum atomic E-state index is -1.92. The molecule has 0 radical (unpaired) electrons. The first-order chi connectivity index (χ1) is 33.9. The Morgan fingerprint density at radius 3 is 2.39 bits per heavy atom. The number of piperidine rings is 1. The van der Waals surface area contributed by atoms with E-state index in [0.29, 0.717) is 73.7 Å². The molecule has 2 aromatic heterocycles. The van der Waals surface area contributed by atoms with Crippen LogP contribution in [0.2, 0.25) is 5.02 Å². The van der Waals surface area contributed by atoms with E-state index in [9.17, 15) is 23.6 Å². The summed E-state index contributed by atoms with van der Waals surface area (Å²) in [6, 6.07) is 9.80. The highest BCUT2D eigenvalue weighted by atomic mass is 35.5. The van der Waals surface area contributed by atoms with E-state index in [2.05, 4.69) is 52.5 Å². The summed E-state index contributed by atoms with van der Waals surface area (Å²) in [4.78, 5) is 77.6. The normalized spacial score (nSPS) is 19.5. The molecule has 16 nitrogen and oxygen atoms in total. The molecule has 1 saturated carbocycles. The van der Waals surface area contributed by atoms with Gasteiger partial charge in [-0.25, -0.2) is 19.3 Å². The van der Waals surface area contributed by atoms with Gasteiger partial charge in [-0.05, 0) is 86.6 Å². The largest absolute Gasteiger partial charge is 0.492 e. The Labute approximate surface area is 429 Å². The Morgan fingerprint density at radius 1 is 0.986 bits per heavy atom. The molecular weight excluding hydrogens is 965 g/mol.